The molecule has 0 spiro atoms. The van der Waals surface area contributed by atoms with E-state index in [4.69, 9.17) is 27.1 Å². The third-order valence-corrected chi connectivity index (χ3v) is 6.71. The Kier molecular flexibility index (Phi) is 6.22. The Balaban J connectivity index is 1.72. The molecule has 4 rings (SSSR count). The van der Waals surface area contributed by atoms with Gasteiger partial charge in [0.1, 0.15) is 11.4 Å². The van der Waals surface area contributed by atoms with E-state index in [0.717, 1.165) is 29.8 Å². The molecule has 2 aromatic carbocycles. The number of ether oxygens (including phenoxy) is 1. The van der Waals surface area contributed by atoms with Crippen LogP contribution in [0.15, 0.2) is 47.5 Å². The van der Waals surface area contributed by atoms with E-state index in [1.165, 1.54) is 12.0 Å². The smallest absolute Gasteiger partial charge is 0.415 e. The number of carbonyl (C=O) groups excluding carboxylic acids is 1. The standard InChI is InChI=1S/C26H32ClN3O2/c1-5-17-9-11-21-23(17)20-12-10-19(14-22(20)29-24(21)28)30(25(31)32-26(2,3)4)15-16-7-6-8-18(27)13-16/h6-8,10,12-14,17,21,23H,5,9,11,15H2,1-4H3,(H2,28,29). The molecule has 0 radical (unpaired) electrons. The van der Waals surface area contributed by atoms with Crippen LogP contribution in [-0.2, 0) is 11.3 Å². The molecule has 0 saturated heterocycles. The first-order valence-corrected chi connectivity index (χ1v) is 11.8. The van der Waals surface area contributed by atoms with Gasteiger partial charge in [-0.15, -0.1) is 0 Å². The fourth-order valence-electron chi connectivity index (χ4n) is 5.04. The summed E-state index contributed by atoms with van der Waals surface area (Å²) in [6.07, 6.45) is 3.00. The van der Waals surface area contributed by atoms with Crippen molar-refractivity contribution in [2.45, 2.75) is 65.0 Å². The highest BCUT2D eigenvalue weighted by Gasteiger charge is 2.41. The summed E-state index contributed by atoms with van der Waals surface area (Å²) in [6.45, 7) is 8.19. The quantitative estimate of drug-likeness (QED) is 0.553. The average Bonchev–Trinajstić information content (AvgIpc) is 3.15. The topological polar surface area (TPSA) is 67.9 Å². The van der Waals surface area contributed by atoms with Gasteiger partial charge in [0.15, 0.2) is 0 Å². The van der Waals surface area contributed by atoms with Crippen molar-refractivity contribution in [3.63, 3.8) is 0 Å². The van der Waals surface area contributed by atoms with Crippen molar-refractivity contribution in [3.8, 4) is 0 Å². The Bertz CT molecular complexity index is 1040. The maximum atomic E-state index is 13.2. The Labute approximate surface area is 195 Å². The number of benzene rings is 2. The van der Waals surface area contributed by atoms with Gasteiger partial charge >= 0.3 is 6.09 Å². The number of amidine groups is 1. The third kappa shape index (κ3) is 4.63. The lowest BCUT2D eigenvalue weighted by Gasteiger charge is -2.32. The largest absolute Gasteiger partial charge is 0.443 e. The molecule has 2 aliphatic rings. The van der Waals surface area contributed by atoms with Crippen LogP contribution in [-0.4, -0.2) is 17.5 Å². The van der Waals surface area contributed by atoms with E-state index in [2.05, 4.69) is 13.0 Å². The van der Waals surface area contributed by atoms with Crippen LogP contribution in [0.2, 0.25) is 5.02 Å². The molecule has 5 nitrogen and oxygen atoms in total. The van der Waals surface area contributed by atoms with Gasteiger partial charge in [0, 0.05) is 16.6 Å². The van der Waals surface area contributed by atoms with Crippen LogP contribution in [0.4, 0.5) is 16.2 Å². The third-order valence-electron chi connectivity index (χ3n) is 6.47. The van der Waals surface area contributed by atoms with Gasteiger partial charge in [-0.2, -0.15) is 0 Å². The molecule has 0 aromatic heterocycles. The molecule has 1 heterocycles. The number of fused-ring (bicyclic) bond motifs is 3. The molecule has 1 amide bonds. The van der Waals surface area contributed by atoms with E-state index in [9.17, 15) is 4.79 Å². The van der Waals surface area contributed by atoms with Crippen molar-refractivity contribution >= 4 is 34.9 Å². The van der Waals surface area contributed by atoms with E-state index in [1.54, 1.807) is 4.90 Å². The molecule has 1 fully saturated rings. The number of aliphatic imine (C=N–C) groups is 1. The minimum Gasteiger partial charge on any atom is -0.443 e. The van der Waals surface area contributed by atoms with E-state index in [1.807, 2.05) is 57.2 Å². The molecule has 1 aliphatic carbocycles. The Morgan fingerprint density at radius 2 is 2.00 bits per heavy atom. The summed E-state index contributed by atoms with van der Waals surface area (Å²) in [5, 5.41) is 0.632. The molecular weight excluding hydrogens is 422 g/mol. The number of hydrogen-bond donors (Lipinski definition) is 1. The van der Waals surface area contributed by atoms with Crippen molar-refractivity contribution in [2.24, 2.45) is 22.6 Å². The number of carbonyl (C=O) groups is 1. The van der Waals surface area contributed by atoms with Gasteiger partial charge in [-0.25, -0.2) is 9.79 Å². The van der Waals surface area contributed by atoms with Gasteiger partial charge in [-0.3, -0.25) is 4.90 Å². The van der Waals surface area contributed by atoms with Crippen molar-refractivity contribution in [1.82, 2.24) is 0 Å². The summed E-state index contributed by atoms with van der Waals surface area (Å²) < 4.78 is 5.72. The summed E-state index contributed by atoms with van der Waals surface area (Å²) in [4.78, 5) is 19.6. The number of anilines is 1. The molecule has 1 aliphatic heterocycles. The number of nitrogens with two attached hydrogens (primary N) is 1. The van der Waals surface area contributed by atoms with Crippen LogP contribution in [0, 0.1) is 11.8 Å². The molecular formula is C26H32ClN3O2. The van der Waals surface area contributed by atoms with E-state index >= 15 is 0 Å². The van der Waals surface area contributed by atoms with Crippen molar-refractivity contribution in [1.29, 1.82) is 0 Å². The lowest BCUT2D eigenvalue weighted by Crippen LogP contribution is -2.36. The Morgan fingerprint density at radius 1 is 1.22 bits per heavy atom. The molecule has 0 bridgehead atoms. The molecule has 32 heavy (non-hydrogen) atoms. The normalized spacial score (nSPS) is 22.0. The number of nitrogens with zero attached hydrogens (tertiary/aromatic N) is 2. The fourth-order valence-corrected chi connectivity index (χ4v) is 5.25. The number of rotatable bonds is 4. The highest BCUT2D eigenvalue weighted by atomic mass is 35.5. The predicted octanol–water partition coefficient (Wildman–Crippen LogP) is 6.80. The molecule has 6 heteroatoms. The van der Waals surface area contributed by atoms with E-state index in [0.29, 0.717) is 35.2 Å². The van der Waals surface area contributed by atoms with Gasteiger partial charge in [-0.05, 0) is 80.8 Å². The average molecular weight is 454 g/mol. The maximum absolute atomic E-state index is 13.2. The van der Waals surface area contributed by atoms with Crippen molar-refractivity contribution in [3.05, 3.63) is 58.6 Å². The van der Waals surface area contributed by atoms with Crippen LogP contribution in [0.25, 0.3) is 0 Å². The molecule has 1 saturated carbocycles. The van der Waals surface area contributed by atoms with Crippen LogP contribution in [0.3, 0.4) is 0 Å². The first-order chi connectivity index (χ1) is 15.2. The summed E-state index contributed by atoms with van der Waals surface area (Å²) >= 11 is 6.18. The zero-order valence-electron chi connectivity index (χ0n) is 19.3. The minimum atomic E-state index is -0.605. The number of halogens is 1. The van der Waals surface area contributed by atoms with Crippen molar-refractivity contribution < 1.29 is 9.53 Å². The second-order valence-electron chi connectivity index (χ2n) is 9.85. The van der Waals surface area contributed by atoms with Gasteiger partial charge < -0.3 is 10.5 Å². The summed E-state index contributed by atoms with van der Waals surface area (Å²) in [5.74, 6) is 2.07. The Morgan fingerprint density at radius 3 is 2.69 bits per heavy atom. The fraction of sp³-hybridized carbons (Fsp3) is 0.462. The summed E-state index contributed by atoms with van der Waals surface area (Å²) in [7, 11) is 0. The van der Waals surface area contributed by atoms with Crippen molar-refractivity contribution in [2.75, 3.05) is 4.90 Å². The second-order valence-corrected chi connectivity index (χ2v) is 10.3. The van der Waals surface area contributed by atoms with Gasteiger partial charge in [0.25, 0.3) is 0 Å². The van der Waals surface area contributed by atoms with E-state index < -0.39 is 11.7 Å². The molecule has 170 valence electrons. The molecule has 2 N–H and O–H groups in total. The summed E-state index contributed by atoms with van der Waals surface area (Å²) in [6, 6.07) is 13.6. The zero-order chi connectivity index (χ0) is 23.0. The Hall–Kier alpha value is -2.53. The number of hydrogen-bond acceptors (Lipinski definition) is 4. The zero-order valence-corrected chi connectivity index (χ0v) is 20.0. The molecule has 3 unspecified atom stereocenters. The predicted molar refractivity (Wildman–Crippen MR) is 131 cm³/mol. The second kappa shape index (κ2) is 8.78. The van der Waals surface area contributed by atoms with Gasteiger partial charge in [-0.1, -0.05) is 43.1 Å². The molecule has 3 atom stereocenters. The van der Waals surface area contributed by atoms with Crippen LogP contribution >= 0.6 is 11.6 Å². The van der Waals surface area contributed by atoms with Gasteiger partial charge in [0.05, 0.1) is 12.2 Å². The lowest BCUT2D eigenvalue weighted by molar-refractivity contribution is 0.0577. The first kappa shape index (κ1) is 22.7. The van der Waals surface area contributed by atoms with Crippen LogP contribution in [0.1, 0.15) is 64.0 Å². The van der Waals surface area contributed by atoms with Crippen LogP contribution < -0.4 is 10.6 Å². The highest BCUT2D eigenvalue weighted by molar-refractivity contribution is 6.30. The van der Waals surface area contributed by atoms with E-state index in [-0.39, 0.29) is 0 Å². The van der Waals surface area contributed by atoms with Crippen LogP contribution in [0.5, 0.6) is 0 Å². The summed E-state index contributed by atoms with van der Waals surface area (Å²) in [5.41, 5.74) is 9.55. The minimum absolute atomic E-state index is 0.326. The monoisotopic (exact) mass is 453 g/mol. The maximum Gasteiger partial charge on any atom is 0.415 e. The lowest BCUT2D eigenvalue weighted by atomic mass is 9.79. The first-order valence-electron chi connectivity index (χ1n) is 11.4. The molecule has 2 aromatic rings. The number of amides is 1. The van der Waals surface area contributed by atoms with Gasteiger partial charge in [0.2, 0.25) is 0 Å². The SMILES string of the molecule is CCC1CCC2C(N)=Nc3cc(N(Cc4cccc(Cl)c4)C(=O)OC(C)(C)C)ccc3C12. The highest BCUT2D eigenvalue weighted by Crippen LogP contribution is 2.51.